The van der Waals surface area contributed by atoms with Crippen LogP contribution in [0.4, 0.5) is 0 Å². The van der Waals surface area contributed by atoms with Gasteiger partial charge in [0, 0.05) is 17.8 Å². The van der Waals surface area contributed by atoms with Crippen molar-refractivity contribution in [1.29, 1.82) is 0 Å². The Labute approximate surface area is 121 Å². The number of pyridine rings is 1. The van der Waals surface area contributed by atoms with Gasteiger partial charge >= 0.3 is 0 Å². The van der Waals surface area contributed by atoms with Gasteiger partial charge in [-0.1, -0.05) is 49.2 Å². The molecular formula is C19H21N. The lowest BCUT2D eigenvalue weighted by atomic mass is 9.99. The SMILES string of the molecule is c1ccc([C@@H]2C[C@H]2c2ccc(C3CCCC3)cn2)cc1. The van der Waals surface area contributed by atoms with E-state index in [1.807, 2.05) is 0 Å². The van der Waals surface area contributed by atoms with Gasteiger partial charge in [0.1, 0.15) is 0 Å². The highest BCUT2D eigenvalue weighted by Crippen LogP contribution is 2.54. The van der Waals surface area contributed by atoms with Crippen molar-refractivity contribution < 1.29 is 0 Å². The molecule has 2 aliphatic rings. The zero-order chi connectivity index (χ0) is 13.4. The normalized spacial score (nSPS) is 25.8. The number of benzene rings is 1. The Hall–Kier alpha value is -1.63. The topological polar surface area (TPSA) is 12.9 Å². The summed E-state index contributed by atoms with van der Waals surface area (Å²) < 4.78 is 0. The molecule has 0 N–H and O–H groups in total. The molecule has 0 bridgehead atoms. The maximum atomic E-state index is 4.76. The lowest BCUT2D eigenvalue weighted by Crippen LogP contribution is -1.95. The Morgan fingerprint density at radius 3 is 2.30 bits per heavy atom. The second kappa shape index (κ2) is 5.05. The zero-order valence-corrected chi connectivity index (χ0v) is 11.8. The van der Waals surface area contributed by atoms with Crippen molar-refractivity contribution in [3.63, 3.8) is 0 Å². The standard InChI is InChI=1S/C19H21N/c1-2-8-15(9-3-1)17-12-18(17)19-11-10-16(13-20-19)14-6-4-5-7-14/h1-3,8-11,13-14,17-18H,4-7,12H2/t17-,18+/m0/s1. The fraction of sp³-hybridized carbons (Fsp3) is 0.421. The second-order valence-corrected chi connectivity index (χ2v) is 6.36. The molecule has 2 aromatic rings. The van der Waals surface area contributed by atoms with Gasteiger partial charge in [0.25, 0.3) is 0 Å². The molecule has 102 valence electrons. The third-order valence-corrected chi connectivity index (χ3v) is 5.03. The summed E-state index contributed by atoms with van der Waals surface area (Å²) >= 11 is 0. The van der Waals surface area contributed by atoms with E-state index in [2.05, 4.69) is 48.7 Å². The maximum Gasteiger partial charge on any atom is 0.0441 e. The molecule has 0 saturated heterocycles. The van der Waals surface area contributed by atoms with Crippen LogP contribution in [0, 0.1) is 0 Å². The van der Waals surface area contributed by atoms with Gasteiger partial charge in [0.15, 0.2) is 0 Å². The van der Waals surface area contributed by atoms with Crippen LogP contribution in [0.25, 0.3) is 0 Å². The predicted molar refractivity (Wildman–Crippen MR) is 82.0 cm³/mol. The minimum atomic E-state index is 0.648. The van der Waals surface area contributed by atoms with Gasteiger partial charge in [0.2, 0.25) is 0 Å². The first-order chi connectivity index (χ1) is 9.92. The van der Waals surface area contributed by atoms with Crippen LogP contribution in [0.15, 0.2) is 48.7 Å². The first kappa shape index (κ1) is 12.1. The summed E-state index contributed by atoms with van der Waals surface area (Å²) in [7, 11) is 0. The van der Waals surface area contributed by atoms with Crippen LogP contribution < -0.4 is 0 Å². The summed E-state index contributed by atoms with van der Waals surface area (Å²) in [5, 5.41) is 0. The maximum absolute atomic E-state index is 4.76. The minimum absolute atomic E-state index is 0.648. The van der Waals surface area contributed by atoms with Gasteiger partial charge < -0.3 is 0 Å². The molecule has 0 amide bonds. The number of aromatic nitrogens is 1. The van der Waals surface area contributed by atoms with E-state index in [-0.39, 0.29) is 0 Å². The average molecular weight is 263 g/mol. The van der Waals surface area contributed by atoms with Crippen molar-refractivity contribution in [1.82, 2.24) is 4.98 Å². The van der Waals surface area contributed by atoms with Crippen LogP contribution in [0.3, 0.4) is 0 Å². The molecule has 0 spiro atoms. The van der Waals surface area contributed by atoms with Crippen LogP contribution >= 0.6 is 0 Å². The summed E-state index contributed by atoms with van der Waals surface area (Å²) in [5.41, 5.74) is 4.22. The largest absolute Gasteiger partial charge is 0.261 e. The summed E-state index contributed by atoms with van der Waals surface area (Å²) in [4.78, 5) is 4.76. The number of rotatable bonds is 3. The second-order valence-electron chi connectivity index (χ2n) is 6.36. The highest BCUT2D eigenvalue weighted by Gasteiger charge is 2.40. The summed E-state index contributed by atoms with van der Waals surface area (Å²) in [6.07, 6.45) is 8.91. The quantitative estimate of drug-likeness (QED) is 0.758. The molecule has 1 heterocycles. The van der Waals surface area contributed by atoms with Crippen LogP contribution in [-0.2, 0) is 0 Å². The van der Waals surface area contributed by atoms with E-state index < -0.39 is 0 Å². The van der Waals surface area contributed by atoms with Crippen molar-refractivity contribution in [2.75, 3.05) is 0 Å². The third-order valence-electron chi connectivity index (χ3n) is 5.03. The molecule has 0 aliphatic heterocycles. The highest BCUT2D eigenvalue weighted by molar-refractivity contribution is 5.34. The lowest BCUT2D eigenvalue weighted by Gasteiger charge is -2.09. The van der Waals surface area contributed by atoms with E-state index in [1.54, 1.807) is 0 Å². The lowest BCUT2D eigenvalue weighted by molar-refractivity contribution is 0.717. The predicted octanol–water partition coefficient (Wildman–Crippen LogP) is 5.01. The average Bonchev–Trinajstić information content (AvgIpc) is 3.13. The highest BCUT2D eigenvalue weighted by atomic mass is 14.7. The van der Waals surface area contributed by atoms with Crippen LogP contribution in [0.5, 0.6) is 0 Å². The summed E-state index contributed by atoms with van der Waals surface area (Å²) in [6.45, 7) is 0. The molecule has 1 nitrogen and oxygen atoms in total. The van der Waals surface area contributed by atoms with Gasteiger partial charge in [-0.2, -0.15) is 0 Å². The summed E-state index contributed by atoms with van der Waals surface area (Å²) in [6, 6.07) is 15.5. The van der Waals surface area contributed by atoms with E-state index in [1.165, 1.54) is 48.9 Å². The Balaban J connectivity index is 1.48. The van der Waals surface area contributed by atoms with Crippen molar-refractivity contribution in [3.8, 4) is 0 Å². The first-order valence-electron chi connectivity index (χ1n) is 7.92. The van der Waals surface area contributed by atoms with Gasteiger partial charge in [0.05, 0.1) is 0 Å². The Morgan fingerprint density at radius 1 is 0.800 bits per heavy atom. The number of hydrogen-bond acceptors (Lipinski definition) is 1. The Morgan fingerprint density at radius 2 is 1.60 bits per heavy atom. The fourth-order valence-corrected chi connectivity index (χ4v) is 3.73. The monoisotopic (exact) mass is 263 g/mol. The molecule has 1 heteroatoms. The van der Waals surface area contributed by atoms with Gasteiger partial charge in [-0.3, -0.25) is 4.98 Å². The molecule has 4 rings (SSSR count). The van der Waals surface area contributed by atoms with Gasteiger partial charge in [-0.25, -0.2) is 0 Å². The number of nitrogens with zero attached hydrogens (tertiary/aromatic N) is 1. The van der Waals surface area contributed by atoms with E-state index in [4.69, 9.17) is 4.98 Å². The Kier molecular flexibility index (Phi) is 3.06. The molecule has 2 fully saturated rings. The molecule has 20 heavy (non-hydrogen) atoms. The molecular weight excluding hydrogens is 242 g/mol. The van der Waals surface area contributed by atoms with Crippen molar-refractivity contribution in [3.05, 3.63) is 65.5 Å². The minimum Gasteiger partial charge on any atom is -0.261 e. The van der Waals surface area contributed by atoms with Gasteiger partial charge in [-0.05, 0) is 48.3 Å². The van der Waals surface area contributed by atoms with E-state index >= 15 is 0 Å². The molecule has 2 atom stereocenters. The Bertz CT molecular complexity index is 566. The van der Waals surface area contributed by atoms with Gasteiger partial charge in [-0.15, -0.1) is 0 Å². The van der Waals surface area contributed by atoms with Crippen molar-refractivity contribution >= 4 is 0 Å². The first-order valence-corrected chi connectivity index (χ1v) is 7.92. The smallest absolute Gasteiger partial charge is 0.0441 e. The molecule has 0 radical (unpaired) electrons. The van der Waals surface area contributed by atoms with Crippen molar-refractivity contribution in [2.24, 2.45) is 0 Å². The van der Waals surface area contributed by atoms with E-state index in [0.717, 1.165) is 5.92 Å². The molecule has 0 unspecified atom stereocenters. The molecule has 1 aromatic carbocycles. The zero-order valence-electron chi connectivity index (χ0n) is 11.8. The van der Waals surface area contributed by atoms with E-state index in [9.17, 15) is 0 Å². The molecule has 2 aliphatic carbocycles. The molecule has 2 saturated carbocycles. The molecule has 1 aromatic heterocycles. The van der Waals surface area contributed by atoms with Crippen LogP contribution in [0.2, 0.25) is 0 Å². The van der Waals surface area contributed by atoms with Crippen molar-refractivity contribution in [2.45, 2.75) is 49.9 Å². The summed E-state index contributed by atoms with van der Waals surface area (Å²) in [5.74, 6) is 2.12. The van der Waals surface area contributed by atoms with Crippen LogP contribution in [0.1, 0.15) is 66.7 Å². The third kappa shape index (κ3) is 2.26. The number of hydrogen-bond donors (Lipinski definition) is 0. The fourth-order valence-electron chi connectivity index (χ4n) is 3.73. The van der Waals surface area contributed by atoms with E-state index in [0.29, 0.717) is 11.8 Å². The van der Waals surface area contributed by atoms with Crippen LogP contribution in [-0.4, -0.2) is 4.98 Å².